The maximum absolute atomic E-state index is 12.8. The first-order valence-electron chi connectivity index (χ1n) is 9.38. The Bertz CT molecular complexity index is 870. The maximum Gasteiger partial charge on any atom is 0.243 e. The van der Waals surface area contributed by atoms with Gasteiger partial charge in [-0.05, 0) is 48.7 Å². The second kappa shape index (κ2) is 9.91. The zero-order chi connectivity index (χ0) is 20.8. The van der Waals surface area contributed by atoms with E-state index in [9.17, 15) is 9.59 Å². The molecule has 0 saturated carbocycles. The molecule has 2 aromatic rings. The highest BCUT2D eigenvalue weighted by atomic mass is 35.5. The van der Waals surface area contributed by atoms with Gasteiger partial charge in [0.25, 0.3) is 0 Å². The van der Waals surface area contributed by atoms with Gasteiger partial charge in [-0.2, -0.15) is 0 Å². The van der Waals surface area contributed by atoms with Gasteiger partial charge in [0.1, 0.15) is 11.9 Å². The molecule has 0 bridgehead atoms. The van der Waals surface area contributed by atoms with Gasteiger partial charge in [-0.3, -0.25) is 9.59 Å². The number of nitrogen functional groups attached to an aromatic ring is 1. The summed E-state index contributed by atoms with van der Waals surface area (Å²) in [5.41, 5.74) is 7.19. The summed E-state index contributed by atoms with van der Waals surface area (Å²) in [6.45, 7) is 1.08. The molecule has 1 aliphatic rings. The first kappa shape index (κ1) is 21.4. The van der Waals surface area contributed by atoms with Crippen molar-refractivity contribution in [3.8, 4) is 0 Å². The normalized spacial score (nSPS) is 17.0. The summed E-state index contributed by atoms with van der Waals surface area (Å²) in [6, 6.07) is 7.60. The number of anilines is 1. The topological polar surface area (TPSA) is 109 Å². The van der Waals surface area contributed by atoms with Crippen LogP contribution in [0.3, 0.4) is 0 Å². The van der Waals surface area contributed by atoms with Gasteiger partial charge < -0.3 is 21.7 Å². The average Bonchev–Trinajstić information content (AvgIpc) is 3.24. The lowest BCUT2D eigenvalue weighted by Crippen LogP contribution is -2.52. The van der Waals surface area contributed by atoms with Crippen LogP contribution in [0.2, 0.25) is 10.0 Å². The van der Waals surface area contributed by atoms with Gasteiger partial charge in [0.05, 0.1) is 16.1 Å². The third kappa shape index (κ3) is 6.06. The molecule has 3 rings (SSSR count). The lowest BCUT2D eigenvalue weighted by atomic mass is 10.0. The van der Waals surface area contributed by atoms with Crippen LogP contribution in [0.15, 0.2) is 36.5 Å². The average molecular weight is 436 g/mol. The number of hydrogen-bond acceptors (Lipinski definition) is 5. The Hall–Kier alpha value is -2.35. The Morgan fingerprint density at radius 1 is 1.21 bits per heavy atom. The monoisotopic (exact) mass is 435 g/mol. The SMILES string of the molecule is Nc1ccc(CNC(=O)[C@@H](Cc2ccc(Cl)c(Cl)c2)NC(=O)[C@@H]2CCCN2)cn1. The summed E-state index contributed by atoms with van der Waals surface area (Å²) in [6.07, 6.45) is 3.59. The molecule has 1 aliphatic heterocycles. The van der Waals surface area contributed by atoms with Gasteiger partial charge in [-0.25, -0.2) is 4.98 Å². The van der Waals surface area contributed by atoms with E-state index in [1.165, 1.54) is 0 Å². The van der Waals surface area contributed by atoms with E-state index in [1.807, 2.05) is 0 Å². The Morgan fingerprint density at radius 2 is 2.00 bits per heavy atom. The van der Waals surface area contributed by atoms with Crippen LogP contribution in [0, 0.1) is 0 Å². The molecule has 0 aliphatic carbocycles. The van der Waals surface area contributed by atoms with E-state index in [0.29, 0.717) is 22.3 Å². The quantitative estimate of drug-likeness (QED) is 0.532. The van der Waals surface area contributed by atoms with E-state index in [0.717, 1.165) is 30.5 Å². The first-order chi connectivity index (χ1) is 13.9. The van der Waals surface area contributed by atoms with Gasteiger partial charge in [0.15, 0.2) is 0 Å². The summed E-state index contributed by atoms with van der Waals surface area (Å²) < 4.78 is 0. The molecular weight excluding hydrogens is 413 g/mol. The minimum absolute atomic E-state index is 0.183. The number of carbonyl (C=O) groups excluding carboxylic acids is 2. The molecular formula is C20H23Cl2N5O2. The van der Waals surface area contributed by atoms with Crippen LogP contribution in [0.1, 0.15) is 24.0 Å². The summed E-state index contributed by atoms with van der Waals surface area (Å²) in [5.74, 6) is -0.0648. The zero-order valence-electron chi connectivity index (χ0n) is 15.8. The molecule has 2 amide bonds. The van der Waals surface area contributed by atoms with Crippen LogP contribution in [0.25, 0.3) is 0 Å². The molecule has 7 nitrogen and oxygen atoms in total. The predicted molar refractivity (Wildman–Crippen MR) is 114 cm³/mol. The second-order valence-corrected chi connectivity index (χ2v) is 7.79. The van der Waals surface area contributed by atoms with Crippen molar-refractivity contribution >= 4 is 40.8 Å². The lowest BCUT2D eigenvalue weighted by Gasteiger charge is -2.21. The molecule has 29 heavy (non-hydrogen) atoms. The molecule has 9 heteroatoms. The van der Waals surface area contributed by atoms with Crippen LogP contribution in [0.4, 0.5) is 5.82 Å². The van der Waals surface area contributed by atoms with Gasteiger partial charge >= 0.3 is 0 Å². The van der Waals surface area contributed by atoms with Crippen LogP contribution >= 0.6 is 23.2 Å². The smallest absolute Gasteiger partial charge is 0.243 e. The van der Waals surface area contributed by atoms with Crippen molar-refractivity contribution in [3.63, 3.8) is 0 Å². The molecule has 0 unspecified atom stereocenters. The van der Waals surface area contributed by atoms with Crippen LogP contribution in [0.5, 0.6) is 0 Å². The Balaban J connectivity index is 1.69. The van der Waals surface area contributed by atoms with Crippen LogP contribution in [-0.4, -0.2) is 35.4 Å². The minimum atomic E-state index is -0.746. The molecule has 0 spiro atoms. The third-order valence-electron chi connectivity index (χ3n) is 4.75. The van der Waals surface area contributed by atoms with E-state index >= 15 is 0 Å². The highest BCUT2D eigenvalue weighted by molar-refractivity contribution is 6.42. The lowest BCUT2D eigenvalue weighted by molar-refractivity contribution is -0.129. The summed E-state index contributed by atoms with van der Waals surface area (Å²) in [7, 11) is 0. The van der Waals surface area contributed by atoms with Gasteiger partial charge in [-0.1, -0.05) is 35.3 Å². The fourth-order valence-electron chi connectivity index (χ4n) is 3.15. The van der Waals surface area contributed by atoms with Crippen molar-refractivity contribution in [1.29, 1.82) is 0 Å². The number of hydrogen-bond donors (Lipinski definition) is 4. The Labute approximate surface area is 179 Å². The van der Waals surface area contributed by atoms with Crippen molar-refractivity contribution < 1.29 is 9.59 Å². The number of nitrogens with two attached hydrogens (primary N) is 1. The number of nitrogens with zero attached hydrogens (tertiary/aromatic N) is 1. The Kier molecular flexibility index (Phi) is 7.30. The van der Waals surface area contributed by atoms with Crippen molar-refractivity contribution in [3.05, 3.63) is 57.7 Å². The number of carbonyl (C=O) groups is 2. The number of aromatic nitrogens is 1. The van der Waals surface area contributed by atoms with Crippen LogP contribution < -0.4 is 21.7 Å². The van der Waals surface area contributed by atoms with E-state index in [4.69, 9.17) is 28.9 Å². The van der Waals surface area contributed by atoms with E-state index in [1.54, 1.807) is 36.5 Å². The molecule has 2 atom stereocenters. The predicted octanol–water partition coefficient (Wildman–Crippen LogP) is 2.07. The number of rotatable bonds is 7. The molecule has 1 aromatic heterocycles. The number of pyridine rings is 1. The highest BCUT2D eigenvalue weighted by Crippen LogP contribution is 2.23. The van der Waals surface area contributed by atoms with Gasteiger partial charge in [0, 0.05) is 19.2 Å². The second-order valence-electron chi connectivity index (χ2n) is 6.97. The summed E-state index contributed by atoms with van der Waals surface area (Å²) in [4.78, 5) is 29.4. The van der Waals surface area contributed by atoms with Crippen molar-refractivity contribution in [2.75, 3.05) is 12.3 Å². The van der Waals surface area contributed by atoms with Crippen LogP contribution in [-0.2, 0) is 22.6 Å². The number of amides is 2. The van der Waals surface area contributed by atoms with Crippen molar-refractivity contribution in [1.82, 2.24) is 20.9 Å². The first-order valence-corrected chi connectivity index (χ1v) is 10.1. The minimum Gasteiger partial charge on any atom is -0.384 e. The molecule has 5 N–H and O–H groups in total. The molecule has 1 aromatic carbocycles. The number of benzene rings is 1. The number of halogens is 2. The largest absolute Gasteiger partial charge is 0.384 e. The number of nitrogens with one attached hydrogen (secondary N) is 3. The van der Waals surface area contributed by atoms with Gasteiger partial charge in [0.2, 0.25) is 11.8 Å². The standard InChI is InChI=1S/C20H23Cl2N5O2/c21-14-5-3-12(8-15(14)22)9-17(27-20(29)16-2-1-7-24-16)19(28)26-11-13-4-6-18(23)25-10-13/h3-6,8,10,16-17,24H,1-2,7,9,11H2,(H2,23,25)(H,26,28)(H,27,29)/t16-,17+/m0/s1. The summed E-state index contributed by atoms with van der Waals surface area (Å²) >= 11 is 12.1. The van der Waals surface area contributed by atoms with E-state index in [-0.39, 0.29) is 24.4 Å². The molecule has 2 heterocycles. The van der Waals surface area contributed by atoms with Crippen molar-refractivity contribution in [2.24, 2.45) is 0 Å². The zero-order valence-corrected chi connectivity index (χ0v) is 17.3. The fourth-order valence-corrected chi connectivity index (χ4v) is 3.47. The maximum atomic E-state index is 12.8. The molecule has 0 radical (unpaired) electrons. The van der Waals surface area contributed by atoms with E-state index in [2.05, 4.69) is 20.9 Å². The molecule has 1 fully saturated rings. The molecule has 154 valence electrons. The molecule has 1 saturated heterocycles. The van der Waals surface area contributed by atoms with Gasteiger partial charge in [-0.15, -0.1) is 0 Å². The van der Waals surface area contributed by atoms with E-state index < -0.39 is 6.04 Å². The Morgan fingerprint density at radius 3 is 2.66 bits per heavy atom. The fraction of sp³-hybridized carbons (Fsp3) is 0.350. The summed E-state index contributed by atoms with van der Waals surface area (Å²) in [5, 5.41) is 9.69. The third-order valence-corrected chi connectivity index (χ3v) is 5.49. The highest BCUT2D eigenvalue weighted by Gasteiger charge is 2.27. The van der Waals surface area contributed by atoms with Crippen molar-refractivity contribution in [2.45, 2.75) is 37.9 Å².